The second kappa shape index (κ2) is 9.23. The van der Waals surface area contributed by atoms with Crippen molar-refractivity contribution in [3.05, 3.63) is 59.9 Å². The highest BCUT2D eigenvalue weighted by atomic mass is 35.5. The lowest BCUT2D eigenvalue weighted by Crippen LogP contribution is -2.31. The zero-order chi connectivity index (χ0) is 21.6. The molecule has 1 aliphatic rings. The second-order valence-corrected chi connectivity index (χ2v) is 6.85. The SMILES string of the molecule is N#CN1C=CC(NCCNc2ncc(-c3ncc[nH]3)c(-c3ccc(F)cc3Cl)n2)=NC1. The lowest BCUT2D eigenvalue weighted by Gasteiger charge is -2.15. The molecule has 9 nitrogen and oxygen atoms in total. The zero-order valence-electron chi connectivity index (χ0n) is 16.2. The molecule has 0 bridgehead atoms. The van der Waals surface area contributed by atoms with E-state index in [-0.39, 0.29) is 5.02 Å². The van der Waals surface area contributed by atoms with Crippen LogP contribution >= 0.6 is 11.6 Å². The molecule has 0 atom stereocenters. The monoisotopic (exact) mass is 437 g/mol. The van der Waals surface area contributed by atoms with Crippen molar-refractivity contribution >= 4 is 23.4 Å². The predicted molar refractivity (Wildman–Crippen MR) is 115 cm³/mol. The Hall–Kier alpha value is -3.97. The van der Waals surface area contributed by atoms with E-state index in [2.05, 4.69) is 35.6 Å². The van der Waals surface area contributed by atoms with Gasteiger partial charge in [-0.1, -0.05) is 11.6 Å². The van der Waals surface area contributed by atoms with Crippen molar-refractivity contribution in [3.63, 3.8) is 0 Å². The number of anilines is 1. The minimum absolute atomic E-state index is 0.243. The number of nitriles is 1. The van der Waals surface area contributed by atoms with E-state index in [1.165, 1.54) is 17.0 Å². The van der Waals surface area contributed by atoms with Crippen LogP contribution < -0.4 is 10.6 Å². The number of H-pyrrole nitrogens is 1. The van der Waals surface area contributed by atoms with Crippen LogP contribution in [-0.4, -0.2) is 50.4 Å². The maximum atomic E-state index is 13.5. The number of benzene rings is 1. The molecule has 0 saturated heterocycles. The van der Waals surface area contributed by atoms with Crippen LogP contribution in [0.15, 0.2) is 54.1 Å². The van der Waals surface area contributed by atoms with Crippen molar-refractivity contribution in [1.29, 1.82) is 5.26 Å². The molecular weight excluding hydrogens is 421 g/mol. The van der Waals surface area contributed by atoms with Gasteiger partial charge in [0.05, 0.1) is 16.3 Å². The van der Waals surface area contributed by atoms with Gasteiger partial charge in [0.25, 0.3) is 0 Å². The van der Waals surface area contributed by atoms with E-state index >= 15 is 0 Å². The molecule has 0 saturated carbocycles. The minimum atomic E-state index is -0.427. The third kappa shape index (κ3) is 4.79. The standard InChI is InChI=1S/C20H17ClFN9/c21-16-9-13(22)1-2-14(16)18-15(19-25-5-6-26-19)10-28-20(30-18)27-7-4-24-17-3-8-31(11-23)12-29-17/h1-3,5-6,8-10H,4,7,12H2,(H,24,29)(H,25,26)(H,27,28,30). The summed E-state index contributed by atoms with van der Waals surface area (Å²) in [5.41, 5.74) is 1.74. The summed E-state index contributed by atoms with van der Waals surface area (Å²) >= 11 is 6.28. The summed E-state index contributed by atoms with van der Waals surface area (Å²) in [4.78, 5) is 21.9. The molecule has 2 aromatic heterocycles. The van der Waals surface area contributed by atoms with E-state index in [0.717, 1.165) is 0 Å². The molecule has 1 aliphatic heterocycles. The highest BCUT2D eigenvalue weighted by Crippen LogP contribution is 2.33. The van der Waals surface area contributed by atoms with Crippen molar-refractivity contribution in [1.82, 2.24) is 30.2 Å². The smallest absolute Gasteiger partial charge is 0.223 e. The summed E-state index contributed by atoms with van der Waals surface area (Å²) in [6.07, 6.45) is 10.4. The van der Waals surface area contributed by atoms with Crippen LogP contribution in [0.3, 0.4) is 0 Å². The highest BCUT2D eigenvalue weighted by molar-refractivity contribution is 6.33. The van der Waals surface area contributed by atoms with Crippen molar-refractivity contribution < 1.29 is 4.39 Å². The Kier molecular flexibility index (Phi) is 6.05. The van der Waals surface area contributed by atoms with Gasteiger partial charge in [0.15, 0.2) is 6.19 Å². The largest absolute Gasteiger partial charge is 0.369 e. The van der Waals surface area contributed by atoms with Gasteiger partial charge < -0.3 is 15.6 Å². The van der Waals surface area contributed by atoms with Crippen LogP contribution in [0, 0.1) is 17.3 Å². The highest BCUT2D eigenvalue weighted by Gasteiger charge is 2.16. The number of rotatable bonds is 6. The predicted octanol–water partition coefficient (Wildman–Crippen LogP) is 2.99. The first-order valence-corrected chi connectivity index (χ1v) is 9.71. The first kappa shape index (κ1) is 20.3. The fraction of sp³-hybridized carbons (Fsp3) is 0.150. The molecule has 4 rings (SSSR count). The first-order chi connectivity index (χ1) is 15.1. The van der Waals surface area contributed by atoms with Crippen LogP contribution in [0.4, 0.5) is 10.3 Å². The fourth-order valence-corrected chi connectivity index (χ4v) is 3.15. The zero-order valence-corrected chi connectivity index (χ0v) is 16.9. The average Bonchev–Trinajstić information content (AvgIpc) is 3.32. The number of halogens is 2. The van der Waals surface area contributed by atoms with Gasteiger partial charge >= 0.3 is 0 Å². The van der Waals surface area contributed by atoms with Gasteiger partial charge in [0.1, 0.15) is 24.1 Å². The van der Waals surface area contributed by atoms with Gasteiger partial charge in [-0.2, -0.15) is 5.26 Å². The number of nitrogens with zero attached hydrogens (tertiary/aromatic N) is 6. The molecule has 0 spiro atoms. The number of amidine groups is 1. The Morgan fingerprint density at radius 3 is 2.81 bits per heavy atom. The van der Waals surface area contributed by atoms with Gasteiger partial charge in [-0.05, 0) is 24.3 Å². The average molecular weight is 438 g/mol. The molecular formula is C20H17ClFN9. The maximum Gasteiger partial charge on any atom is 0.223 e. The quantitative estimate of drug-likeness (QED) is 0.400. The Labute approximate surface area is 182 Å². The topological polar surface area (TPSA) is 118 Å². The molecule has 3 aromatic rings. The second-order valence-electron chi connectivity index (χ2n) is 6.44. The molecule has 0 amide bonds. The van der Waals surface area contributed by atoms with Crippen LogP contribution in [0.5, 0.6) is 0 Å². The van der Waals surface area contributed by atoms with Gasteiger partial charge in [0, 0.05) is 43.4 Å². The molecule has 0 radical (unpaired) electrons. The van der Waals surface area contributed by atoms with E-state index in [0.29, 0.717) is 54.2 Å². The molecule has 0 aliphatic carbocycles. The minimum Gasteiger partial charge on any atom is -0.369 e. The maximum absolute atomic E-state index is 13.5. The van der Waals surface area contributed by atoms with Crippen LogP contribution in [0.25, 0.3) is 22.6 Å². The number of nitrogens with one attached hydrogen (secondary N) is 3. The Balaban J connectivity index is 1.49. The molecule has 3 heterocycles. The number of aromatic nitrogens is 4. The summed E-state index contributed by atoms with van der Waals surface area (Å²) in [6, 6.07) is 4.15. The van der Waals surface area contributed by atoms with Crippen LogP contribution in [0.1, 0.15) is 0 Å². The number of imidazole rings is 1. The third-order valence-corrected chi connectivity index (χ3v) is 4.69. The van der Waals surface area contributed by atoms with E-state index < -0.39 is 5.82 Å². The third-order valence-electron chi connectivity index (χ3n) is 4.38. The van der Waals surface area contributed by atoms with Gasteiger partial charge in [-0.3, -0.25) is 4.90 Å². The number of hydrogen-bond acceptors (Lipinski definition) is 8. The van der Waals surface area contributed by atoms with Crippen molar-refractivity contribution in [2.75, 3.05) is 25.1 Å². The summed E-state index contributed by atoms with van der Waals surface area (Å²) in [5.74, 6) is 1.24. The molecule has 31 heavy (non-hydrogen) atoms. The molecule has 11 heteroatoms. The Morgan fingerprint density at radius 2 is 2.10 bits per heavy atom. The van der Waals surface area contributed by atoms with E-state index in [9.17, 15) is 4.39 Å². The molecule has 156 valence electrons. The summed E-state index contributed by atoms with van der Waals surface area (Å²) < 4.78 is 13.5. The van der Waals surface area contributed by atoms with E-state index in [4.69, 9.17) is 16.9 Å². The van der Waals surface area contributed by atoms with Crippen molar-refractivity contribution in [2.45, 2.75) is 0 Å². The van der Waals surface area contributed by atoms with Crippen LogP contribution in [0.2, 0.25) is 5.02 Å². The summed E-state index contributed by atoms with van der Waals surface area (Å²) in [7, 11) is 0. The van der Waals surface area contributed by atoms with Crippen molar-refractivity contribution in [3.8, 4) is 28.8 Å². The number of aliphatic imine (C=N–C) groups is 1. The Morgan fingerprint density at radius 1 is 1.23 bits per heavy atom. The normalized spacial score (nSPS) is 12.9. The van der Waals surface area contributed by atoms with E-state index in [1.807, 2.05) is 6.19 Å². The van der Waals surface area contributed by atoms with Gasteiger partial charge in [0.2, 0.25) is 5.95 Å². The van der Waals surface area contributed by atoms with E-state index in [1.54, 1.807) is 36.9 Å². The first-order valence-electron chi connectivity index (χ1n) is 9.33. The molecule has 1 aromatic carbocycles. The molecule has 3 N–H and O–H groups in total. The number of hydrogen-bond donors (Lipinski definition) is 3. The van der Waals surface area contributed by atoms with Gasteiger partial charge in [-0.15, -0.1) is 0 Å². The van der Waals surface area contributed by atoms with Crippen molar-refractivity contribution in [2.24, 2.45) is 4.99 Å². The fourth-order valence-electron chi connectivity index (χ4n) is 2.90. The Bertz CT molecular complexity index is 1170. The molecule has 0 fully saturated rings. The van der Waals surface area contributed by atoms with Gasteiger partial charge in [-0.25, -0.2) is 24.3 Å². The molecule has 0 unspecified atom stereocenters. The lowest BCUT2D eigenvalue weighted by atomic mass is 10.1. The summed E-state index contributed by atoms with van der Waals surface area (Å²) in [5, 5.41) is 15.4. The summed E-state index contributed by atoms with van der Waals surface area (Å²) in [6.45, 7) is 1.37. The number of aromatic amines is 1. The van der Waals surface area contributed by atoms with Crippen LogP contribution in [-0.2, 0) is 0 Å². The lowest BCUT2D eigenvalue weighted by molar-refractivity contribution is 0.535.